The number of rotatable bonds is 3. The summed E-state index contributed by atoms with van der Waals surface area (Å²) in [4.78, 5) is 0.444. The van der Waals surface area contributed by atoms with Gasteiger partial charge in [-0.2, -0.15) is 5.26 Å². The summed E-state index contributed by atoms with van der Waals surface area (Å²) in [6.07, 6.45) is -0.508. The molecule has 102 valence electrons. The van der Waals surface area contributed by atoms with E-state index in [4.69, 9.17) is 5.26 Å². The van der Waals surface area contributed by atoms with Crippen molar-refractivity contribution >= 4 is 11.0 Å². The Labute approximate surface area is 114 Å². The summed E-state index contributed by atoms with van der Waals surface area (Å²) in [5, 5.41) is 28.7. The van der Waals surface area contributed by atoms with Crippen LogP contribution in [0.25, 0.3) is 0 Å². The first-order valence-corrected chi connectivity index (χ1v) is 7.15. The molecule has 0 aromatic heterocycles. The third-order valence-electron chi connectivity index (χ3n) is 3.45. The van der Waals surface area contributed by atoms with Gasteiger partial charge in [-0.05, 0) is 25.5 Å². The maximum atomic E-state index is 12.4. The number of benzene rings is 1. The van der Waals surface area contributed by atoms with Crippen LogP contribution >= 0.6 is 0 Å². The number of aliphatic hydroxyl groups excluding tert-OH is 1. The van der Waals surface area contributed by atoms with E-state index in [1.807, 2.05) is 6.07 Å². The van der Waals surface area contributed by atoms with Gasteiger partial charge < -0.3 is 10.2 Å². The molecule has 3 atom stereocenters. The van der Waals surface area contributed by atoms with Gasteiger partial charge in [-0.15, -0.1) is 0 Å². The van der Waals surface area contributed by atoms with Crippen LogP contribution < -0.4 is 0 Å². The topological polar surface area (TPSA) is 84.6 Å². The van der Waals surface area contributed by atoms with Gasteiger partial charge in [0.05, 0.1) is 16.6 Å². The zero-order valence-electron chi connectivity index (χ0n) is 10.6. The molecule has 1 aliphatic heterocycles. The number of hydrogen-bond acceptors (Lipinski definition) is 4. The van der Waals surface area contributed by atoms with Gasteiger partial charge in [-0.1, -0.05) is 12.1 Å². The minimum Gasteiger partial charge on any atom is -0.390 e. The lowest BCUT2D eigenvalue weighted by atomic mass is 9.97. The van der Waals surface area contributed by atoms with Crippen LogP contribution in [-0.4, -0.2) is 43.5 Å². The standard InChI is InChI=1S/C13H16N2O3S/c1-10(16)13(17)6-7-15(9-13)19(18)12-5-3-2-4-11(12)8-14/h2-5,10,16-17H,6-7,9H2,1H3. The molecule has 0 saturated carbocycles. The van der Waals surface area contributed by atoms with Gasteiger partial charge in [0, 0.05) is 13.1 Å². The fourth-order valence-electron chi connectivity index (χ4n) is 2.11. The number of nitriles is 1. The average molecular weight is 280 g/mol. The average Bonchev–Trinajstić information content (AvgIpc) is 2.82. The Morgan fingerprint density at radius 2 is 2.21 bits per heavy atom. The highest BCUT2D eigenvalue weighted by atomic mass is 32.2. The lowest BCUT2D eigenvalue weighted by molar-refractivity contribution is -0.0534. The molecule has 6 heteroatoms. The zero-order valence-corrected chi connectivity index (χ0v) is 11.4. The quantitative estimate of drug-likeness (QED) is 0.839. The molecule has 3 unspecified atom stereocenters. The summed E-state index contributed by atoms with van der Waals surface area (Å²) in [5.74, 6) is 0. The molecule has 1 fully saturated rings. The molecule has 0 radical (unpaired) electrons. The number of β-amino-alcohol motifs (C(OH)–C–C–N with tert-alkyl or cyclic N) is 1. The molecule has 0 amide bonds. The van der Waals surface area contributed by atoms with E-state index in [-0.39, 0.29) is 6.54 Å². The van der Waals surface area contributed by atoms with Crippen molar-refractivity contribution < 1.29 is 14.4 Å². The van der Waals surface area contributed by atoms with E-state index in [2.05, 4.69) is 0 Å². The Morgan fingerprint density at radius 3 is 2.79 bits per heavy atom. The van der Waals surface area contributed by atoms with Crippen LogP contribution in [0.15, 0.2) is 29.2 Å². The van der Waals surface area contributed by atoms with Crippen molar-refractivity contribution in [3.63, 3.8) is 0 Å². The molecule has 1 saturated heterocycles. The summed E-state index contributed by atoms with van der Waals surface area (Å²) in [7, 11) is -1.49. The van der Waals surface area contributed by atoms with Crippen molar-refractivity contribution in [2.45, 2.75) is 29.9 Å². The molecular formula is C13H16N2O3S. The molecular weight excluding hydrogens is 264 g/mol. The second-order valence-electron chi connectivity index (χ2n) is 4.75. The molecule has 0 bridgehead atoms. The minimum absolute atomic E-state index is 0.136. The predicted molar refractivity (Wildman–Crippen MR) is 70.4 cm³/mol. The smallest absolute Gasteiger partial charge is 0.129 e. The van der Waals surface area contributed by atoms with Crippen molar-refractivity contribution in [2.24, 2.45) is 0 Å². The van der Waals surface area contributed by atoms with E-state index in [9.17, 15) is 14.4 Å². The van der Waals surface area contributed by atoms with E-state index in [1.54, 1.807) is 28.6 Å². The third kappa shape index (κ3) is 2.69. The van der Waals surface area contributed by atoms with Gasteiger partial charge in [0.2, 0.25) is 0 Å². The van der Waals surface area contributed by atoms with Crippen LogP contribution in [0.1, 0.15) is 18.9 Å². The molecule has 1 aliphatic rings. The number of aliphatic hydroxyl groups is 2. The summed E-state index contributed by atoms with van der Waals surface area (Å²) in [6.45, 7) is 2.08. The predicted octanol–water partition coefficient (Wildman–Crippen LogP) is 0.398. The van der Waals surface area contributed by atoms with Crippen LogP contribution in [0.4, 0.5) is 0 Å². The Hall–Kier alpha value is -1.26. The first kappa shape index (κ1) is 14.2. The largest absolute Gasteiger partial charge is 0.390 e. The van der Waals surface area contributed by atoms with E-state index in [0.29, 0.717) is 23.4 Å². The van der Waals surface area contributed by atoms with E-state index in [0.717, 1.165) is 0 Å². The molecule has 1 heterocycles. The normalized spacial score (nSPS) is 26.8. The van der Waals surface area contributed by atoms with Gasteiger partial charge in [0.25, 0.3) is 0 Å². The lowest BCUT2D eigenvalue weighted by Gasteiger charge is -2.25. The molecule has 0 aliphatic carbocycles. The van der Waals surface area contributed by atoms with E-state index >= 15 is 0 Å². The molecule has 2 rings (SSSR count). The Bertz CT molecular complexity index is 541. The summed E-state index contributed by atoms with van der Waals surface area (Å²) in [5.41, 5.74) is -0.856. The maximum Gasteiger partial charge on any atom is 0.129 e. The summed E-state index contributed by atoms with van der Waals surface area (Å²) >= 11 is 0. The van der Waals surface area contributed by atoms with Crippen molar-refractivity contribution in [3.8, 4) is 6.07 Å². The van der Waals surface area contributed by atoms with Gasteiger partial charge in [0.15, 0.2) is 0 Å². The van der Waals surface area contributed by atoms with Crippen LogP contribution in [0.2, 0.25) is 0 Å². The Balaban J connectivity index is 2.21. The second-order valence-corrected chi connectivity index (χ2v) is 6.20. The molecule has 19 heavy (non-hydrogen) atoms. The van der Waals surface area contributed by atoms with E-state index < -0.39 is 22.7 Å². The van der Waals surface area contributed by atoms with Crippen molar-refractivity contribution in [3.05, 3.63) is 29.8 Å². The van der Waals surface area contributed by atoms with Gasteiger partial charge >= 0.3 is 0 Å². The first-order chi connectivity index (χ1) is 8.98. The number of nitrogens with zero attached hydrogens (tertiary/aromatic N) is 2. The van der Waals surface area contributed by atoms with Crippen molar-refractivity contribution in [1.29, 1.82) is 5.26 Å². The fourth-order valence-corrected chi connectivity index (χ4v) is 3.49. The van der Waals surface area contributed by atoms with Crippen LogP contribution in [0.5, 0.6) is 0 Å². The van der Waals surface area contributed by atoms with Crippen LogP contribution in [0.3, 0.4) is 0 Å². The highest BCUT2D eigenvalue weighted by Crippen LogP contribution is 2.28. The van der Waals surface area contributed by atoms with Crippen LogP contribution in [-0.2, 0) is 11.0 Å². The SMILES string of the molecule is CC(O)C1(O)CCN(S(=O)c2ccccc2C#N)C1. The molecule has 1 aromatic rings. The Kier molecular flexibility index (Phi) is 4.02. The zero-order chi connectivity index (χ0) is 14.0. The fraction of sp³-hybridized carbons (Fsp3) is 0.462. The first-order valence-electron chi connectivity index (χ1n) is 6.04. The molecule has 5 nitrogen and oxygen atoms in total. The Morgan fingerprint density at radius 1 is 1.53 bits per heavy atom. The van der Waals surface area contributed by atoms with Gasteiger partial charge in [0.1, 0.15) is 22.7 Å². The summed E-state index contributed by atoms with van der Waals surface area (Å²) < 4.78 is 14.0. The summed E-state index contributed by atoms with van der Waals surface area (Å²) in [6, 6.07) is 8.72. The van der Waals surface area contributed by atoms with Gasteiger partial charge in [-0.3, -0.25) is 0 Å². The monoisotopic (exact) mass is 280 g/mol. The molecule has 2 N–H and O–H groups in total. The lowest BCUT2D eigenvalue weighted by Crippen LogP contribution is -2.43. The van der Waals surface area contributed by atoms with Gasteiger partial charge in [-0.25, -0.2) is 8.51 Å². The van der Waals surface area contributed by atoms with Crippen LogP contribution in [0, 0.1) is 11.3 Å². The minimum atomic E-state index is -1.49. The van der Waals surface area contributed by atoms with E-state index in [1.165, 1.54) is 6.92 Å². The number of hydrogen-bond donors (Lipinski definition) is 2. The molecule has 1 aromatic carbocycles. The highest BCUT2D eigenvalue weighted by Gasteiger charge is 2.42. The second kappa shape index (κ2) is 5.39. The van der Waals surface area contributed by atoms with Crippen molar-refractivity contribution in [2.75, 3.05) is 13.1 Å². The molecule has 0 spiro atoms. The van der Waals surface area contributed by atoms with Crippen molar-refractivity contribution in [1.82, 2.24) is 4.31 Å². The maximum absolute atomic E-state index is 12.4. The highest BCUT2D eigenvalue weighted by molar-refractivity contribution is 7.82. The third-order valence-corrected chi connectivity index (χ3v) is 4.97.